The predicted octanol–water partition coefficient (Wildman–Crippen LogP) is 5.08. The van der Waals surface area contributed by atoms with Gasteiger partial charge in [0.1, 0.15) is 16.4 Å². The van der Waals surface area contributed by atoms with E-state index in [0.717, 1.165) is 27.1 Å². The van der Waals surface area contributed by atoms with Gasteiger partial charge in [0, 0.05) is 29.5 Å². The maximum absolute atomic E-state index is 13.5. The van der Waals surface area contributed by atoms with Gasteiger partial charge in [-0.25, -0.2) is 4.98 Å². The van der Waals surface area contributed by atoms with Crippen LogP contribution in [-0.2, 0) is 11.3 Å². The van der Waals surface area contributed by atoms with Crippen LogP contribution >= 0.6 is 11.3 Å². The van der Waals surface area contributed by atoms with E-state index in [4.69, 9.17) is 4.98 Å². The monoisotopic (exact) mass is 388 g/mol. The van der Waals surface area contributed by atoms with Crippen molar-refractivity contribution in [2.75, 3.05) is 0 Å². The molecule has 0 aliphatic rings. The molecule has 140 valence electrons. The molecule has 0 bridgehead atoms. The van der Waals surface area contributed by atoms with Gasteiger partial charge >= 0.3 is 0 Å². The van der Waals surface area contributed by atoms with Crippen LogP contribution in [0.1, 0.15) is 18.9 Å². The first-order valence-corrected chi connectivity index (χ1v) is 10.1. The molecule has 0 aliphatic carbocycles. The van der Waals surface area contributed by atoms with Crippen molar-refractivity contribution in [1.29, 1.82) is 0 Å². The molecule has 0 unspecified atom stereocenters. The van der Waals surface area contributed by atoms with E-state index in [0.29, 0.717) is 24.2 Å². The molecular weight excluding hydrogens is 368 g/mol. The Hall–Kier alpha value is -3.05. The van der Waals surface area contributed by atoms with E-state index in [2.05, 4.69) is 0 Å². The van der Waals surface area contributed by atoms with Crippen LogP contribution in [0.5, 0.6) is 0 Å². The summed E-state index contributed by atoms with van der Waals surface area (Å²) in [5, 5.41) is 2.61. The molecular formula is C23H20N2O2S. The largest absolute Gasteiger partial charge is 0.300 e. The van der Waals surface area contributed by atoms with E-state index in [1.165, 1.54) is 11.3 Å². The molecule has 4 rings (SSSR count). The molecule has 2 aromatic carbocycles. The van der Waals surface area contributed by atoms with E-state index >= 15 is 0 Å². The van der Waals surface area contributed by atoms with Crippen LogP contribution in [0.25, 0.3) is 32.7 Å². The first-order valence-electron chi connectivity index (χ1n) is 9.18. The van der Waals surface area contributed by atoms with E-state index < -0.39 is 0 Å². The lowest BCUT2D eigenvalue weighted by molar-refractivity contribution is -0.117. The summed E-state index contributed by atoms with van der Waals surface area (Å²) in [5.74, 6) is 0.663. The average molecular weight is 388 g/mol. The van der Waals surface area contributed by atoms with Crippen LogP contribution in [0.2, 0.25) is 0 Å². The molecule has 5 heteroatoms. The molecule has 2 aromatic heterocycles. The smallest absolute Gasteiger partial charge is 0.263 e. The Morgan fingerprint density at radius 1 is 1.04 bits per heavy atom. The number of benzene rings is 2. The van der Waals surface area contributed by atoms with E-state index in [-0.39, 0.29) is 11.3 Å². The lowest BCUT2D eigenvalue weighted by Crippen LogP contribution is -2.24. The highest BCUT2D eigenvalue weighted by Gasteiger charge is 2.18. The normalized spacial score (nSPS) is 11.1. The summed E-state index contributed by atoms with van der Waals surface area (Å²) in [4.78, 5) is 30.6. The zero-order chi connectivity index (χ0) is 19.7. The van der Waals surface area contributed by atoms with E-state index in [1.54, 1.807) is 11.5 Å². The second-order valence-electron chi connectivity index (χ2n) is 6.91. The minimum atomic E-state index is -0.0954. The molecule has 0 aliphatic heterocycles. The maximum Gasteiger partial charge on any atom is 0.263 e. The summed E-state index contributed by atoms with van der Waals surface area (Å²) in [7, 11) is 0. The van der Waals surface area contributed by atoms with Crippen molar-refractivity contribution < 1.29 is 4.79 Å². The Morgan fingerprint density at radius 3 is 2.43 bits per heavy atom. The number of carbonyl (C=O) groups is 1. The summed E-state index contributed by atoms with van der Waals surface area (Å²) in [6.45, 7) is 3.89. The number of nitrogens with zero attached hydrogens (tertiary/aromatic N) is 2. The Morgan fingerprint density at radius 2 is 1.75 bits per heavy atom. The number of thiophene rings is 1. The number of aromatic nitrogens is 2. The highest BCUT2D eigenvalue weighted by atomic mass is 32.1. The third-order valence-electron chi connectivity index (χ3n) is 4.78. The maximum atomic E-state index is 13.5. The highest BCUT2D eigenvalue weighted by Crippen LogP contribution is 2.32. The standard InChI is InChI=1S/C23H20N2O2S/c1-15-8-10-18(11-9-15)21-24-22-20(23(27)25(21)13-12-16(2)26)19(14-28-22)17-6-4-3-5-7-17/h3-11,14H,12-13H2,1-2H3. The number of rotatable bonds is 5. The van der Waals surface area contributed by atoms with Crippen molar-refractivity contribution in [2.45, 2.75) is 26.8 Å². The lowest BCUT2D eigenvalue weighted by Gasteiger charge is -2.13. The number of ketones is 1. The van der Waals surface area contributed by atoms with Crippen molar-refractivity contribution in [1.82, 2.24) is 9.55 Å². The fourth-order valence-corrected chi connectivity index (χ4v) is 4.19. The molecule has 2 heterocycles. The predicted molar refractivity (Wildman–Crippen MR) is 115 cm³/mol. The van der Waals surface area contributed by atoms with Crippen molar-refractivity contribution in [3.8, 4) is 22.5 Å². The third-order valence-corrected chi connectivity index (χ3v) is 5.65. The van der Waals surface area contributed by atoms with Gasteiger partial charge in [-0.2, -0.15) is 0 Å². The molecule has 0 fully saturated rings. The molecule has 0 saturated heterocycles. The van der Waals surface area contributed by atoms with Gasteiger partial charge in [0.2, 0.25) is 0 Å². The number of hydrogen-bond donors (Lipinski definition) is 0. The van der Waals surface area contributed by atoms with E-state index in [1.807, 2.05) is 66.9 Å². The summed E-state index contributed by atoms with van der Waals surface area (Å²) in [6.07, 6.45) is 0.302. The van der Waals surface area contributed by atoms with Crippen LogP contribution in [0.15, 0.2) is 64.8 Å². The number of Topliss-reactive ketones (excluding diaryl/α,β-unsaturated/α-hetero) is 1. The van der Waals surface area contributed by atoms with Crippen LogP contribution in [0, 0.1) is 6.92 Å². The minimum Gasteiger partial charge on any atom is -0.300 e. The SMILES string of the molecule is CC(=O)CCn1c(-c2ccc(C)cc2)nc2scc(-c3ccccc3)c2c1=O. The van der Waals surface area contributed by atoms with Crippen molar-refractivity contribution in [3.63, 3.8) is 0 Å². The van der Waals surface area contributed by atoms with Gasteiger partial charge in [-0.15, -0.1) is 11.3 Å². The number of carbonyl (C=O) groups excluding carboxylic acids is 1. The minimum absolute atomic E-state index is 0.0513. The van der Waals surface area contributed by atoms with Crippen molar-refractivity contribution in [3.05, 3.63) is 75.9 Å². The first kappa shape index (κ1) is 18.3. The summed E-state index contributed by atoms with van der Waals surface area (Å²) in [5.41, 5.74) is 3.81. The highest BCUT2D eigenvalue weighted by molar-refractivity contribution is 7.17. The lowest BCUT2D eigenvalue weighted by atomic mass is 10.1. The molecule has 0 spiro atoms. The summed E-state index contributed by atoms with van der Waals surface area (Å²) < 4.78 is 1.65. The topological polar surface area (TPSA) is 52.0 Å². The first-order chi connectivity index (χ1) is 13.5. The second kappa shape index (κ2) is 7.52. The van der Waals surface area contributed by atoms with Crippen molar-refractivity contribution >= 4 is 27.3 Å². The van der Waals surface area contributed by atoms with Gasteiger partial charge in [0.05, 0.1) is 5.39 Å². The summed E-state index contributed by atoms with van der Waals surface area (Å²) in [6, 6.07) is 17.8. The molecule has 0 radical (unpaired) electrons. The van der Waals surface area contributed by atoms with Crippen molar-refractivity contribution in [2.24, 2.45) is 0 Å². The van der Waals surface area contributed by atoms with Crippen LogP contribution < -0.4 is 5.56 Å². The fraction of sp³-hybridized carbons (Fsp3) is 0.174. The second-order valence-corrected chi connectivity index (χ2v) is 7.76. The Kier molecular flexibility index (Phi) is 4.92. The van der Waals surface area contributed by atoms with Crippen LogP contribution in [-0.4, -0.2) is 15.3 Å². The third kappa shape index (κ3) is 3.41. The molecule has 28 heavy (non-hydrogen) atoms. The molecule has 0 N–H and O–H groups in total. The van der Waals surface area contributed by atoms with Crippen LogP contribution in [0.4, 0.5) is 0 Å². The molecule has 4 aromatic rings. The number of hydrogen-bond acceptors (Lipinski definition) is 4. The van der Waals surface area contributed by atoms with E-state index in [9.17, 15) is 9.59 Å². The number of aryl methyl sites for hydroxylation is 1. The van der Waals surface area contributed by atoms with Gasteiger partial charge in [0.25, 0.3) is 5.56 Å². The average Bonchev–Trinajstić information content (AvgIpc) is 3.12. The fourth-order valence-electron chi connectivity index (χ4n) is 3.25. The Balaban J connectivity index is 1.97. The molecule has 4 nitrogen and oxygen atoms in total. The molecule has 0 amide bonds. The van der Waals surface area contributed by atoms with Gasteiger partial charge in [-0.1, -0.05) is 60.2 Å². The quantitative estimate of drug-likeness (QED) is 0.479. The van der Waals surface area contributed by atoms with Gasteiger partial charge < -0.3 is 0 Å². The zero-order valence-corrected chi connectivity index (χ0v) is 16.6. The number of fused-ring (bicyclic) bond motifs is 1. The van der Waals surface area contributed by atoms with Crippen LogP contribution in [0.3, 0.4) is 0 Å². The molecule has 0 atom stereocenters. The molecule has 0 saturated carbocycles. The van der Waals surface area contributed by atoms with Gasteiger partial charge in [0.15, 0.2) is 0 Å². The zero-order valence-electron chi connectivity index (χ0n) is 15.8. The van der Waals surface area contributed by atoms with Gasteiger partial charge in [-0.3, -0.25) is 14.2 Å². The Bertz CT molecular complexity index is 1210. The Labute approximate surface area is 167 Å². The summed E-state index contributed by atoms with van der Waals surface area (Å²) >= 11 is 1.48. The van der Waals surface area contributed by atoms with Gasteiger partial charge in [-0.05, 0) is 19.4 Å².